The monoisotopic (exact) mass is 457 g/mol. The van der Waals surface area contributed by atoms with Gasteiger partial charge in [-0.05, 0) is 67.1 Å². The molecule has 0 aliphatic carbocycles. The summed E-state index contributed by atoms with van der Waals surface area (Å²) in [4.78, 5) is 33.9. The van der Waals surface area contributed by atoms with Gasteiger partial charge in [0.25, 0.3) is 11.8 Å². The molecule has 2 aliphatic rings. The van der Waals surface area contributed by atoms with Crippen molar-refractivity contribution in [3.05, 3.63) is 87.7 Å². The maximum absolute atomic E-state index is 13.8. The first-order valence-corrected chi connectivity index (χ1v) is 12.3. The molecule has 0 bridgehead atoms. The number of benzene rings is 2. The van der Waals surface area contributed by atoms with Crippen molar-refractivity contribution in [2.45, 2.75) is 26.8 Å². The normalized spacial score (nSPS) is 15.9. The number of carbonyl (C=O) groups excluding carboxylic acids is 2. The third-order valence-corrected chi connectivity index (χ3v) is 7.40. The summed E-state index contributed by atoms with van der Waals surface area (Å²) in [5, 5.41) is 1.95. The van der Waals surface area contributed by atoms with E-state index in [1.54, 1.807) is 0 Å². The van der Waals surface area contributed by atoms with Crippen molar-refractivity contribution in [3.63, 3.8) is 0 Å². The summed E-state index contributed by atoms with van der Waals surface area (Å²) in [6, 6.07) is 19.9. The van der Waals surface area contributed by atoms with Gasteiger partial charge in [0.1, 0.15) is 5.70 Å². The Bertz CT molecular complexity index is 1210. The highest BCUT2D eigenvalue weighted by atomic mass is 32.1. The van der Waals surface area contributed by atoms with Gasteiger partial charge in [0, 0.05) is 36.7 Å². The molecule has 0 unspecified atom stereocenters. The molecule has 168 valence electrons. The molecular formula is C27H27N3O2S. The number of amides is 2. The quantitative estimate of drug-likeness (QED) is 0.492. The van der Waals surface area contributed by atoms with Gasteiger partial charge in [-0.3, -0.25) is 9.59 Å². The van der Waals surface area contributed by atoms with Crippen LogP contribution >= 0.6 is 11.3 Å². The lowest BCUT2D eigenvalue weighted by molar-refractivity contribution is -0.120. The number of hydrogen-bond acceptors (Lipinski definition) is 5. The summed E-state index contributed by atoms with van der Waals surface area (Å²) in [5.74, 6) is -0.481. The minimum Gasteiger partial charge on any atom is -0.372 e. The number of thiophene rings is 1. The number of imide groups is 1. The summed E-state index contributed by atoms with van der Waals surface area (Å²) >= 11 is 1.50. The standard InChI is InChI=1S/C27H27N3O2S/c1-3-28(4-2)21-11-13-22(14-12-21)30-26(31)24(23-10-7-17-33-23)25(27(30)32)29-16-15-19-8-5-6-9-20(19)18-29/h5-14,17H,3-4,15-16,18H2,1-2H3. The molecule has 1 aromatic heterocycles. The molecule has 0 saturated carbocycles. The van der Waals surface area contributed by atoms with Crippen LogP contribution in [0.3, 0.4) is 0 Å². The van der Waals surface area contributed by atoms with Crippen LogP contribution in [0, 0.1) is 0 Å². The highest BCUT2D eigenvalue weighted by Gasteiger charge is 2.43. The molecule has 0 fully saturated rings. The lowest BCUT2D eigenvalue weighted by Crippen LogP contribution is -2.37. The summed E-state index contributed by atoms with van der Waals surface area (Å²) < 4.78 is 0. The molecule has 33 heavy (non-hydrogen) atoms. The van der Waals surface area contributed by atoms with E-state index in [0.717, 1.165) is 36.6 Å². The highest BCUT2D eigenvalue weighted by Crippen LogP contribution is 2.38. The molecule has 2 amide bonds. The van der Waals surface area contributed by atoms with Crippen LogP contribution in [0.25, 0.3) is 5.57 Å². The largest absolute Gasteiger partial charge is 0.372 e. The molecule has 5 rings (SSSR count). The van der Waals surface area contributed by atoms with Crippen molar-refractivity contribution in [2.75, 3.05) is 29.4 Å². The van der Waals surface area contributed by atoms with Crippen LogP contribution in [0.4, 0.5) is 11.4 Å². The van der Waals surface area contributed by atoms with Crippen LogP contribution in [0.2, 0.25) is 0 Å². The number of fused-ring (bicyclic) bond motifs is 1. The van der Waals surface area contributed by atoms with E-state index in [9.17, 15) is 9.59 Å². The zero-order valence-corrected chi connectivity index (χ0v) is 19.8. The molecule has 3 aromatic rings. The first-order valence-electron chi connectivity index (χ1n) is 11.5. The zero-order valence-electron chi connectivity index (χ0n) is 19.0. The Hall–Kier alpha value is -3.38. The van der Waals surface area contributed by atoms with Crippen molar-refractivity contribution in [2.24, 2.45) is 0 Å². The number of nitrogens with zero attached hydrogens (tertiary/aromatic N) is 3. The Morgan fingerprint density at radius 1 is 0.879 bits per heavy atom. The molecule has 0 atom stereocenters. The van der Waals surface area contributed by atoms with E-state index < -0.39 is 0 Å². The van der Waals surface area contributed by atoms with Crippen LogP contribution in [-0.2, 0) is 22.6 Å². The molecular weight excluding hydrogens is 430 g/mol. The molecule has 3 heterocycles. The smallest absolute Gasteiger partial charge is 0.282 e. The maximum Gasteiger partial charge on any atom is 0.282 e. The first kappa shape index (κ1) is 21.5. The topological polar surface area (TPSA) is 43.9 Å². The van der Waals surface area contributed by atoms with Gasteiger partial charge in [-0.1, -0.05) is 30.3 Å². The van der Waals surface area contributed by atoms with Crippen LogP contribution in [0.5, 0.6) is 0 Å². The molecule has 0 saturated heterocycles. The lowest BCUT2D eigenvalue weighted by Gasteiger charge is -2.31. The molecule has 0 N–H and O–H groups in total. The summed E-state index contributed by atoms with van der Waals surface area (Å²) in [6.45, 7) is 7.39. The second-order valence-electron chi connectivity index (χ2n) is 8.28. The van der Waals surface area contributed by atoms with Gasteiger partial charge in [0.05, 0.1) is 11.3 Å². The van der Waals surface area contributed by atoms with Crippen molar-refractivity contribution >= 4 is 40.1 Å². The van der Waals surface area contributed by atoms with Gasteiger partial charge >= 0.3 is 0 Å². The van der Waals surface area contributed by atoms with Crippen LogP contribution in [0.15, 0.2) is 71.7 Å². The van der Waals surface area contributed by atoms with Crippen LogP contribution in [-0.4, -0.2) is 36.3 Å². The van der Waals surface area contributed by atoms with E-state index in [1.165, 1.54) is 27.4 Å². The van der Waals surface area contributed by atoms with Gasteiger partial charge in [-0.2, -0.15) is 0 Å². The maximum atomic E-state index is 13.8. The van der Waals surface area contributed by atoms with E-state index in [0.29, 0.717) is 23.5 Å². The highest BCUT2D eigenvalue weighted by molar-refractivity contribution is 7.11. The zero-order chi connectivity index (χ0) is 22.9. The predicted molar refractivity (Wildman–Crippen MR) is 134 cm³/mol. The Kier molecular flexibility index (Phi) is 5.77. The van der Waals surface area contributed by atoms with E-state index in [2.05, 4.69) is 41.8 Å². The van der Waals surface area contributed by atoms with Gasteiger partial charge in [-0.15, -0.1) is 11.3 Å². The minimum atomic E-state index is -0.244. The van der Waals surface area contributed by atoms with Crippen molar-refractivity contribution in [1.29, 1.82) is 0 Å². The van der Waals surface area contributed by atoms with Gasteiger partial charge < -0.3 is 9.80 Å². The Labute approximate surface area is 198 Å². The molecule has 2 aliphatic heterocycles. The van der Waals surface area contributed by atoms with Gasteiger partial charge in [0.15, 0.2) is 0 Å². The van der Waals surface area contributed by atoms with E-state index in [-0.39, 0.29) is 11.8 Å². The van der Waals surface area contributed by atoms with Crippen molar-refractivity contribution < 1.29 is 9.59 Å². The summed E-state index contributed by atoms with van der Waals surface area (Å²) in [7, 11) is 0. The SMILES string of the molecule is CCN(CC)c1ccc(N2C(=O)C(c3cccs3)=C(N3CCc4ccccc4C3)C2=O)cc1. The summed E-state index contributed by atoms with van der Waals surface area (Å²) in [5.41, 5.74) is 5.26. The van der Waals surface area contributed by atoms with Crippen LogP contribution < -0.4 is 9.80 Å². The molecule has 2 aromatic carbocycles. The second kappa shape index (κ2) is 8.87. The second-order valence-corrected chi connectivity index (χ2v) is 9.22. The molecule has 6 heteroatoms. The lowest BCUT2D eigenvalue weighted by atomic mass is 9.99. The predicted octanol–water partition coefficient (Wildman–Crippen LogP) is 4.94. The van der Waals surface area contributed by atoms with E-state index in [1.807, 2.05) is 47.8 Å². The summed E-state index contributed by atoms with van der Waals surface area (Å²) in [6.07, 6.45) is 0.859. The van der Waals surface area contributed by atoms with Gasteiger partial charge in [-0.25, -0.2) is 4.90 Å². The minimum absolute atomic E-state index is 0.238. The molecule has 0 radical (unpaired) electrons. The fraction of sp³-hybridized carbons (Fsp3) is 0.259. The van der Waals surface area contributed by atoms with Gasteiger partial charge in [0.2, 0.25) is 0 Å². The Balaban J connectivity index is 1.52. The van der Waals surface area contributed by atoms with Crippen molar-refractivity contribution in [1.82, 2.24) is 4.90 Å². The number of hydrogen-bond donors (Lipinski definition) is 0. The molecule has 0 spiro atoms. The molecule has 5 nitrogen and oxygen atoms in total. The van der Waals surface area contributed by atoms with E-state index in [4.69, 9.17) is 0 Å². The average Bonchev–Trinajstić information content (AvgIpc) is 3.46. The average molecular weight is 458 g/mol. The fourth-order valence-electron chi connectivity index (χ4n) is 4.78. The fourth-order valence-corrected chi connectivity index (χ4v) is 5.54. The van der Waals surface area contributed by atoms with Crippen LogP contribution in [0.1, 0.15) is 29.9 Å². The number of rotatable bonds is 6. The Morgan fingerprint density at radius 2 is 1.61 bits per heavy atom. The Morgan fingerprint density at radius 3 is 2.27 bits per heavy atom. The van der Waals surface area contributed by atoms with Crippen molar-refractivity contribution in [3.8, 4) is 0 Å². The number of anilines is 2. The van der Waals surface area contributed by atoms with E-state index >= 15 is 0 Å². The third-order valence-electron chi connectivity index (χ3n) is 6.51. The first-order chi connectivity index (χ1) is 16.1. The number of carbonyl (C=O) groups is 2. The third kappa shape index (κ3) is 3.74.